The molecule has 27 heavy (non-hydrogen) atoms. The monoisotopic (exact) mass is 358 g/mol. The number of para-hydroxylation sites is 1. The van der Waals surface area contributed by atoms with Crippen molar-refractivity contribution in [3.05, 3.63) is 90.0 Å². The molecule has 0 fully saturated rings. The number of nitrogens with one attached hydrogen (secondary N) is 1. The van der Waals surface area contributed by atoms with Crippen molar-refractivity contribution < 1.29 is 4.79 Å². The van der Waals surface area contributed by atoms with Gasteiger partial charge in [0.05, 0.1) is 6.04 Å². The standard InChI is InChI=1S/C24H26N2O/c1-18-11-7-8-14-21(18)17-26(3)19(2)24(27)25-23-16-10-9-15-22(23)20-12-5-4-6-13-20/h4-16,19H,17H2,1-3H3,(H,25,27)/t19-/m0/s1. The van der Waals surface area contributed by atoms with Crippen molar-refractivity contribution in [2.45, 2.75) is 26.4 Å². The summed E-state index contributed by atoms with van der Waals surface area (Å²) >= 11 is 0. The molecule has 0 spiro atoms. The maximum absolute atomic E-state index is 12.9. The summed E-state index contributed by atoms with van der Waals surface area (Å²) in [5.41, 5.74) is 5.44. The van der Waals surface area contributed by atoms with Crippen molar-refractivity contribution in [1.29, 1.82) is 0 Å². The highest BCUT2D eigenvalue weighted by molar-refractivity contribution is 5.98. The highest BCUT2D eigenvalue weighted by atomic mass is 16.2. The first-order valence-electron chi connectivity index (χ1n) is 9.26. The molecule has 1 N–H and O–H groups in total. The van der Waals surface area contributed by atoms with Crippen molar-refractivity contribution in [2.75, 3.05) is 12.4 Å². The van der Waals surface area contributed by atoms with Crippen LogP contribution in [0, 0.1) is 6.92 Å². The topological polar surface area (TPSA) is 32.3 Å². The number of likely N-dealkylation sites (N-methyl/N-ethyl adjacent to an activating group) is 1. The fourth-order valence-electron chi connectivity index (χ4n) is 3.09. The molecule has 3 aromatic carbocycles. The van der Waals surface area contributed by atoms with Gasteiger partial charge in [-0.25, -0.2) is 0 Å². The van der Waals surface area contributed by atoms with E-state index in [9.17, 15) is 4.79 Å². The molecule has 0 radical (unpaired) electrons. The van der Waals surface area contributed by atoms with Crippen molar-refractivity contribution in [2.24, 2.45) is 0 Å². The number of rotatable bonds is 6. The van der Waals surface area contributed by atoms with E-state index < -0.39 is 0 Å². The smallest absolute Gasteiger partial charge is 0.241 e. The molecular weight excluding hydrogens is 332 g/mol. The second-order valence-electron chi connectivity index (χ2n) is 6.92. The summed E-state index contributed by atoms with van der Waals surface area (Å²) in [7, 11) is 1.99. The molecular formula is C24H26N2O. The zero-order chi connectivity index (χ0) is 19.2. The summed E-state index contributed by atoms with van der Waals surface area (Å²) < 4.78 is 0. The van der Waals surface area contributed by atoms with E-state index in [0.29, 0.717) is 0 Å². The molecule has 0 bridgehead atoms. The highest BCUT2D eigenvalue weighted by Crippen LogP contribution is 2.27. The maximum Gasteiger partial charge on any atom is 0.241 e. The average Bonchev–Trinajstić information content (AvgIpc) is 2.70. The minimum atomic E-state index is -0.242. The van der Waals surface area contributed by atoms with Crippen LogP contribution < -0.4 is 5.32 Å². The Labute approximate surface area is 161 Å². The SMILES string of the molecule is Cc1ccccc1CN(C)[C@@H](C)C(=O)Nc1ccccc1-c1ccccc1. The summed E-state index contributed by atoms with van der Waals surface area (Å²) in [5.74, 6) is -0.00512. The van der Waals surface area contributed by atoms with Crippen LogP contribution in [-0.2, 0) is 11.3 Å². The zero-order valence-electron chi connectivity index (χ0n) is 16.1. The van der Waals surface area contributed by atoms with E-state index in [2.05, 4.69) is 41.4 Å². The lowest BCUT2D eigenvalue weighted by molar-refractivity contribution is -0.120. The normalized spacial score (nSPS) is 12.0. The lowest BCUT2D eigenvalue weighted by Crippen LogP contribution is -2.39. The van der Waals surface area contributed by atoms with E-state index in [-0.39, 0.29) is 11.9 Å². The molecule has 3 aromatic rings. The summed E-state index contributed by atoms with van der Waals surface area (Å²) in [6, 6.07) is 26.1. The van der Waals surface area contributed by atoms with E-state index in [4.69, 9.17) is 0 Å². The molecule has 0 saturated carbocycles. The van der Waals surface area contributed by atoms with Crippen molar-refractivity contribution in [1.82, 2.24) is 4.90 Å². The van der Waals surface area contributed by atoms with Crippen LogP contribution in [0.2, 0.25) is 0 Å². The molecule has 0 saturated heterocycles. The quantitative estimate of drug-likeness (QED) is 0.663. The number of carbonyl (C=O) groups excluding carboxylic acids is 1. The predicted molar refractivity (Wildman–Crippen MR) is 113 cm³/mol. The van der Waals surface area contributed by atoms with Gasteiger partial charge < -0.3 is 5.32 Å². The summed E-state index contributed by atoms with van der Waals surface area (Å²) in [6.07, 6.45) is 0. The first kappa shape index (κ1) is 18.9. The highest BCUT2D eigenvalue weighted by Gasteiger charge is 2.19. The number of carbonyl (C=O) groups is 1. The molecule has 0 aliphatic carbocycles. The number of benzene rings is 3. The van der Waals surface area contributed by atoms with Gasteiger partial charge in [-0.05, 0) is 43.7 Å². The molecule has 0 heterocycles. The molecule has 3 rings (SSSR count). The van der Waals surface area contributed by atoms with Gasteiger partial charge in [0.15, 0.2) is 0 Å². The van der Waals surface area contributed by atoms with Crippen LogP contribution in [0.5, 0.6) is 0 Å². The van der Waals surface area contributed by atoms with E-state index in [0.717, 1.165) is 23.4 Å². The Hall–Kier alpha value is -2.91. The Morgan fingerprint density at radius 1 is 0.926 bits per heavy atom. The molecule has 1 amide bonds. The van der Waals surface area contributed by atoms with Gasteiger partial charge >= 0.3 is 0 Å². The van der Waals surface area contributed by atoms with Crippen LogP contribution in [0.4, 0.5) is 5.69 Å². The van der Waals surface area contributed by atoms with Crippen molar-refractivity contribution in [3.8, 4) is 11.1 Å². The van der Waals surface area contributed by atoms with E-state index in [1.165, 1.54) is 11.1 Å². The Balaban J connectivity index is 1.73. The average molecular weight is 358 g/mol. The van der Waals surface area contributed by atoms with Gasteiger partial charge in [-0.1, -0.05) is 72.8 Å². The number of amides is 1. The third-order valence-corrected chi connectivity index (χ3v) is 4.99. The third-order valence-electron chi connectivity index (χ3n) is 4.99. The maximum atomic E-state index is 12.9. The molecule has 1 atom stereocenters. The second kappa shape index (κ2) is 8.65. The Kier molecular flexibility index (Phi) is 6.05. The number of hydrogen-bond donors (Lipinski definition) is 1. The van der Waals surface area contributed by atoms with E-state index in [1.54, 1.807) is 0 Å². The Morgan fingerprint density at radius 2 is 1.56 bits per heavy atom. The molecule has 0 unspecified atom stereocenters. The van der Waals surface area contributed by atoms with Gasteiger partial charge in [0.25, 0.3) is 0 Å². The van der Waals surface area contributed by atoms with Crippen LogP contribution in [0.3, 0.4) is 0 Å². The first-order chi connectivity index (χ1) is 13.1. The lowest BCUT2D eigenvalue weighted by atomic mass is 10.0. The fraction of sp³-hybridized carbons (Fsp3) is 0.208. The fourth-order valence-corrected chi connectivity index (χ4v) is 3.09. The van der Waals surface area contributed by atoms with Gasteiger partial charge in [0.2, 0.25) is 5.91 Å². The van der Waals surface area contributed by atoms with Crippen LogP contribution >= 0.6 is 0 Å². The summed E-state index contributed by atoms with van der Waals surface area (Å²) in [4.78, 5) is 14.9. The lowest BCUT2D eigenvalue weighted by Gasteiger charge is -2.25. The van der Waals surface area contributed by atoms with Crippen LogP contribution in [0.25, 0.3) is 11.1 Å². The second-order valence-corrected chi connectivity index (χ2v) is 6.92. The third kappa shape index (κ3) is 4.63. The minimum Gasteiger partial charge on any atom is -0.324 e. The van der Waals surface area contributed by atoms with E-state index in [1.807, 2.05) is 68.6 Å². The van der Waals surface area contributed by atoms with Gasteiger partial charge in [-0.3, -0.25) is 9.69 Å². The number of hydrogen-bond acceptors (Lipinski definition) is 2. The largest absolute Gasteiger partial charge is 0.324 e. The number of aryl methyl sites for hydroxylation is 1. The zero-order valence-corrected chi connectivity index (χ0v) is 16.1. The van der Waals surface area contributed by atoms with Crippen molar-refractivity contribution >= 4 is 11.6 Å². The van der Waals surface area contributed by atoms with E-state index >= 15 is 0 Å². The summed E-state index contributed by atoms with van der Waals surface area (Å²) in [5, 5.41) is 3.11. The Morgan fingerprint density at radius 3 is 2.30 bits per heavy atom. The molecule has 0 aliphatic rings. The predicted octanol–water partition coefficient (Wildman–Crippen LogP) is 5.12. The molecule has 138 valence electrons. The van der Waals surface area contributed by atoms with Gasteiger partial charge in [0, 0.05) is 17.8 Å². The van der Waals surface area contributed by atoms with Crippen LogP contribution in [0.1, 0.15) is 18.1 Å². The van der Waals surface area contributed by atoms with Crippen LogP contribution in [-0.4, -0.2) is 23.9 Å². The van der Waals surface area contributed by atoms with Gasteiger partial charge in [-0.2, -0.15) is 0 Å². The first-order valence-corrected chi connectivity index (χ1v) is 9.26. The van der Waals surface area contributed by atoms with Gasteiger partial charge in [-0.15, -0.1) is 0 Å². The van der Waals surface area contributed by atoms with Gasteiger partial charge in [0.1, 0.15) is 0 Å². The molecule has 0 aliphatic heterocycles. The van der Waals surface area contributed by atoms with Crippen LogP contribution in [0.15, 0.2) is 78.9 Å². The number of anilines is 1. The Bertz CT molecular complexity index is 905. The molecule has 3 heteroatoms. The number of nitrogens with zero attached hydrogens (tertiary/aromatic N) is 1. The molecule has 3 nitrogen and oxygen atoms in total. The minimum absolute atomic E-state index is 0.00512. The summed E-state index contributed by atoms with van der Waals surface area (Å²) in [6.45, 7) is 4.78. The molecule has 0 aromatic heterocycles. The van der Waals surface area contributed by atoms with Crippen molar-refractivity contribution in [3.63, 3.8) is 0 Å².